The van der Waals surface area contributed by atoms with E-state index in [2.05, 4.69) is 5.32 Å². The Balaban J connectivity index is 2.51. The molecule has 2 aromatic carbocycles. The molecule has 36 heavy (non-hydrogen) atoms. The molecular formula is C25H34ClFN4O4S. The maximum Gasteiger partial charge on any atom is 0.304 e. The molecule has 0 fully saturated rings. The summed E-state index contributed by atoms with van der Waals surface area (Å²) in [5, 5.41) is 3.33. The smallest absolute Gasteiger partial charge is 0.304 e. The first-order valence-electron chi connectivity index (χ1n) is 11.7. The van der Waals surface area contributed by atoms with E-state index in [4.69, 9.17) is 11.6 Å². The standard InChI is InChI=1S/C25H34ClFN4O4S/c1-6-18(3)28-25(33)23(7-2)30(16-19-10-8-9-11-22(19)26)24(32)17-31(36(34,35)29(4)5)21-14-12-20(27)13-15-21/h8-15,18,23H,6-7,16-17H2,1-5H3,(H,28,33)/t18-,23-/m0/s1. The van der Waals surface area contributed by atoms with Gasteiger partial charge in [-0.05, 0) is 55.7 Å². The van der Waals surface area contributed by atoms with Crippen molar-refractivity contribution in [1.82, 2.24) is 14.5 Å². The van der Waals surface area contributed by atoms with Crippen LogP contribution in [-0.2, 0) is 26.3 Å². The van der Waals surface area contributed by atoms with Gasteiger partial charge in [0.1, 0.15) is 18.4 Å². The molecule has 0 saturated heterocycles. The van der Waals surface area contributed by atoms with E-state index in [-0.39, 0.29) is 24.2 Å². The van der Waals surface area contributed by atoms with Crippen LogP contribution in [0, 0.1) is 5.82 Å². The number of rotatable bonds is 12. The van der Waals surface area contributed by atoms with E-state index in [9.17, 15) is 22.4 Å². The van der Waals surface area contributed by atoms with E-state index in [1.165, 1.54) is 31.1 Å². The summed E-state index contributed by atoms with van der Waals surface area (Å²) < 4.78 is 41.7. The van der Waals surface area contributed by atoms with Gasteiger partial charge in [-0.2, -0.15) is 12.7 Å². The number of halogens is 2. The number of anilines is 1. The topological polar surface area (TPSA) is 90.0 Å². The van der Waals surface area contributed by atoms with Crippen molar-refractivity contribution in [2.45, 2.75) is 52.2 Å². The molecule has 0 aromatic heterocycles. The molecule has 2 rings (SSSR count). The van der Waals surface area contributed by atoms with Crippen molar-refractivity contribution >= 4 is 39.3 Å². The summed E-state index contributed by atoms with van der Waals surface area (Å²) in [4.78, 5) is 28.2. The van der Waals surface area contributed by atoms with Gasteiger partial charge in [0.15, 0.2) is 0 Å². The Bertz CT molecular complexity index is 1150. The first-order chi connectivity index (χ1) is 16.9. The molecule has 198 valence electrons. The van der Waals surface area contributed by atoms with E-state index in [1.807, 2.05) is 13.8 Å². The van der Waals surface area contributed by atoms with Crippen molar-refractivity contribution < 1.29 is 22.4 Å². The number of nitrogens with one attached hydrogen (secondary N) is 1. The van der Waals surface area contributed by atoms with Crippen LogP contribution in [0.1, 0.15) is 39.2 Å². The normalized spacial score (nSPS) is 13.2. The summed E-state index contributed by atoms with van der Waals surface area (Å²) >= 11 is 6.35. The summed E-state index contributed by atoms with van der Waals surface area (Å²) in [5.41, 5.74) is 0.736. The predicted molar refractivity (Wildman–Crippen MR) is 140 cm³/mol. The molecule has 1 N–H and O–H groups in total. The van der Waals surface area contributed by atoms with Gasteiger partial charge in [-0.3, -0.25) is 9.59 Å². The first-order valence-corrected chi connectivity index (χ1v) is 13.5. The molecule has 8 nitrogen and oxygen atoms in total. The summed E-state index contributed by atoms with van der Waals surface area (Å²) in [7, 11) is -1.44. The highest BCUT2D eigenvalue weighted by Crippen LogP contribution is 2.23. The Hall–Kier alpha value is -2.69. The second kappa shape index (κ2) is 13.0. The molecule has 0 heterocycles. The number of nitrogens with zero attached hydrogens (tertiary/aromatic N) is 3. The minimum absolute atomic E-state index is 0.00418. The van der Waals surface area contributed by atoms with Gasteiger partial charge in [-0.15, -0.1) is 0 Å². The van der Waals surface area contributed by atoms with Gasteiger partial charge < -0.3 is 10.2 Å². The Morgan fingerprint density at radius 1 is 1.03 bits per heavy atom. The molecule has 0 unspecified atom stereocenters. The van der Waals surface area contributed by atoms with Gasteiger partial charge in [0.25, 0.3) is 0 Å². The predicted octanol–water partition coefficient (Wildman–Crippen LogP) is 3.81. The van der Waals surface area contributed by atoms with Crippen LogP contribution >= 0.6 is 11.6 Å². The highest BCUT2D eigenvalue weighted by molar-refractivity contribution is 7.90. The Morgan fingerprint density at radius 2 is 1.64 bits per heavy atom. The van der Waals surface area contributed by atoms with E-state index in [0.717, 1.165) is 20.7 Å². The average molecular weight is 541 g/mol. The molecule has 0 aliphatic heterocycles. The zero-order chi connectivity index (χ0) is 27.0. The van der Waals surface area contributed by atoms with E-state index in [0.29, 0.717) is 23.4 Å². The summed E-state index contributed by atoms with van der Waals surface area (Å²) in [6.07, 6.45) is 1.01. The van der Waals surface area contributed by atoms with Gasteiger partial charge in [0.05, 0.1) is 5.69 Å². The van der Waals surface area contributed by atoms with Crippen molar-refractivity contribution in [3.05, 3.63) is 64.9 Å². The lowest BCUT2D eigenvalue weighted by molar-refractivity contribution is -0.140. The van der Waals surface area contributed by atoms with Gasteiger partial charge in [0, 0.05) is 31.7 Å². The lowest BCUT2D eigenvalue weighted by Crippen LogP contribution is -2.54. The zero-order valence-corrected chi connectivity index (χ0v) is 22.8. The molecule has 0 radical (unpaired) electrons. The van der Waals surface area contributed by atoms with Crippen LogP contribution in [0.3, 0.4) is 0 Å². The molecule has 2 aromatic rings. The molecule has 0 aliphatic rings. The number of carbonyl (C=O) groups excluding carboxylic acids is 2. The van der Waals surface area contributed by atoms with Gasteiger partial charge >= 0.3 is 10.2 Å². The number of amides is 2. The number of benzene rings is 2. The molecule has 11 heteroatoms. The highest BCUT2D eigenvalue weighted by atomic mass is 35.5. The van der Waals surface area contributed by atoms with E-state index < -0.39 is 34.5 Å². The maximum atomic E-state index is 13.7. The lowest BCUT2D eigenvalue weighted by Gasteiger charge is -2.34. The van der Waals surface area contributed by atoms with Crippen LogP contribution in [-0.4, -0.2) is 62.2 Å². The third-order valence-electron chi connectivity index (χ3n) is 5.82. The minimum Gasteiger partial charge on any atom is -0.352 e. The van der Waals surface area contributed by atoms with Crippen molar-refractivity contribution in [3.8, 4) is 0 Å². The van der Waals surface area contributed by atoms with E-state index >= 15 is 0 Å². The first kappa shape index (κ1) is 29.5. The zero-order valence-electron chi connectivity index (χ0n) is 21.2. The molecule has 0 spiro atoms. The van der Waals surface area contributed by atoms with Crippen LogP contribution in [0.5, 0.6) is 0 Å². The van der Waals surface area contributed by atoms with Crippen molar-refractivity contribution in [3.63, 3.8) is 0 Å². The largest absolute Gasteiger partial charge is 0.352 e. The highest BCUT2D eigenvalue weighted by Gasteiger charge is 2.34. The van der Waals surface area contributed by atoms with Crippen molar-refractivity contribution in [1.29, 1.82) is 0 Å². The fourth-order valence-electron chi connectivity index (χ4n) is 3.49. The van der Waals surface area contributed by atoms with Crippen LogP contribution in [0.25, 0.3) is 0 Å². The summed E-state index contributed by atoms with van der Waals surface area (Å²) in [6, 6.07) is 10.8. The Labute approximate surface area is 218 Å². The monoisotopic (exact) mass is 540 g/mol. The quantitative estimate of drug-likeness (QED) is 0.443. The number of carbonyl (C=O) groups is 2. The second-order valence-electron chi connectivity index (χ2n) is 8.63. The fraction of sp³-hybridized carbons (Fsp3) is 0.440. The van der Waals surface area contributed by atoms with Crippen LogP contribution in [0.2, 0.25) is 5.02 Å². The average Bonchev–Trinajstić information content (AvgIpc) is 2.83. The molecule has 0 bridgehead atoms. The third kappa shape index (κ3) is 7.41. The van der Waals surface area contributed by atoms with Crippen molar-refractivity contribution in [2.24, 2.45) is 0 Å². The third-order valence-corrected chi connectivity index (χ3v) is 8.01. The van der Waals surface area contributed by atoms with Crippen LogP contribution in [0.4, 0.5) is 10.1 Å². The molecule has 2 amide bonds. The number of hydrogen-bond donors (Lipinski definition) is 1. The SMILES string of the molecule is CC[C@H](C)NC(=O)[C@H](CC)N(Cc1ccccc1Cl)C(=O)CN(c1ccc(F)cc1)S(=O)(=O)N(C)C. The lowest BCUT2D eigenvalue weighted by atomic mass is 10.1. The van der Waals surface area contributed by atoms with Gasteiger partial charge in [0.2, 0.25) is 11.8 Å². The molecule has 0 aliphatic carbocycles. The Morgan fingerprint density at radius 3 is 2.17 bits per heavy atom. The van der Waals surface area contributed by atoms with Crippen LogP contribution < -0.4 is 9.62 Å². The Kier molecular flexibility index (Phi) is 10.7. The van der Waals surface area contributed by atoms with Gasteiger partial charge in [-0.25, -0.2) is 8.70 Å². The van der Waals surface area contributed by atoms with E-state index in [1.54, 1.807) is 31.2 Å². The van der Waals surface area contributed by atoms with Gasteiger partial charge in [-0.1, -0.05) is 43.6 Å². The summed E-state index contributed by atoms with van der Waals surface area (Å²) in [6.45, 7) is 4.99. The molecule has 0 saturated carbocycles. The number of hydrogen-bond acceptors (Lipinski definition) is 4. The fourth-order valence-corrected chi connectivity index (χ4v) is 4.75. The van der Waals surface area contributed by atoms with Crippen molar-refractivity contribution in [2.75, 3.05) is 24.9 Å². The molecule has 2 atom stereocenters. The summed E-state index contributed by atoms with van der Waals surface area (Å²) in [5.74, 6) is -1.48. The van der Waals surface area contributed by atoms with Crippen LogP contribution in [0.15, 0.2) is 48.5 Å². The minimum atomic E-state index is -4.12. The molecular weight excluding hydrogens is 507 g/mol. The maximum absolute atomic E-state index is 13.7. The second-order valence-corrected chi connectivity index (χ2v) is 11.1.